The number of hydrogen-bond donors (Lipinski definition) is 1. The van der Waals surface area contributed by atoms with E-state index in [1.165, 1.54) is 23.7 Å². The van der Waals surface area contributed by atoms with Gasteiger partial charge >= 0.3 is 0 Å². The largest absolute Gasteiger partial charge is 0.389 e. The van der Waals surface area contributed by atoms with Crippen LogP contribution in [0.25, 0.3) is 11.3 Å². The normalized spacial score (nSPS) is 12.5. The lowest BCUT2D eigenvalue weighted by Crippen LogP contribution is -2.01. The van der Waals surface area contributed by atoms with E-state index in [4.69, 9.17) is 0 Å². The molecule has 1 N–H and O–H groups in total. The summed E-state index contributed by atoms with van der Waals surface area (Å²) in [5.74, 6) is -0.358. The molecule has 0 aliphatic heterocycles. The minimum absolute atomic E-state index is 0.358. The molecular formula is C16H16FN3OS. The van der Waals surface area contributed by atoms with Crippen molar-refractivity contribution in [1.82, 2.24) is 14.2 Å². The van der Waals surface area contributed by atoms with Gasteiger partial charge in [-0.15, -0.1) is 0 Å². The molecule has 0 spiro atoms. The molecule has 4 nitrogen and oxygen atoms in total. The lowest BCUT2D eigenvalue weighted by atomic mass is 9.97. The van der Waals surface area contributed by atoms with Gasteiger partial charge in [0.15, 0.2) is 0 Å². The van der Waals surface area contributed by atoms with E-state index in [2.05, 4.69) is 9.47 Å². The molecule has 2 heterocycles. The van der Waals surface area contributed by atoms with Crippen molar-refractivity contribution in [2.75, 3.05) is 0 Å². The van der Waals surface area contributed by atoms with Crippen molar-refractivity contribution < 1.29 is 9.50 Å². The number of rotatable bonds is 4. The van der Waals surface area contributed by atoms with Gasteiger partial charge in [-0.25, -0.2) is 4.39 Å². The van der Waals surface area contributed by atoms with Gasteiger partial charge < -0.3 is 5.11 Å². The highest BCUT2D eigenvalue weighted by molar-refractivity contribution is 7.04. The Morgan fingerprint density at radius 2 is 2.18 bits per heavy atom. The molecule has 0 aliphatic carbocycles. The first-order chi connectivity index (χ1) is 10.6. The van der Waals surface area contributed by atoms with E-state index in [-0.39, 0.29) is 5.82 Å². The predicted octanol–water partition coefficient (Wildman–Crippen LogP) is 3.33. The Morgan fingerprint density at radius 1 is 1.36 bits per heavy atom. The molecule has 2 aromatic heterocycles. The maximum absolute atomic E-state index is 13.5. The van der Waals surface area contributed by atoms with Crippen molar-refractivity contribution >= 4 is 11.5 Å². The molecule has 1 atom stereocenters. The zero-order valence-electron chi connectivity index (χ0n) is 12.3. The highest BCUT2D eigenvalue weighted by Crippen LogP contribution is 2.32. The van der Waals surface area contributed by atoms with Crippen molar-refractivity contribution in [2.24, 2.45) is 7.05 Å². The molecule has 114 valence electrons. The smallest absolute Gasteiger partial charge is 0.123 e. The van der Waals surface area contributed by atoms with E-state index in [9.17, 15) is 9.50 Å². The fourth-order valence-corrected chi connectivity index (χ4v) is 3.17. The minimum Gasteiger partial charge on any atom is -0.389 e. The Hall–Kier alpha value is -2.05. The van der Waals surface area contributed by atoms with Gasteiger partial charge in [0.2, 0.25) is 0 Å². The molecule has 0 fully saturated rings. The molecule has 0 aliphatic rings. The Balaban J connectivity index is 2.04. The number of aliphatic hydroxyl groups is 1. The summed E-state index contributed by atoms with van der Waals surface area (Å²) >= 11 is 1.36. The number of nitrogens with zero attached hydrogens (tertiary/aromatic N) is 3. The van der Waals surface area contributed by atoms with Crippen LogP contribution in [0.3, 0.4) is 0 Å². The molecule has 0 bridgehead atoms. The summed E-state index contributed by atoms with van der Waals surface area (Å²) in [5.41, 5.74) is 4.23. The van der Waals surface area contributed by atoms with Crippen molar-refractivity contribution in [3.05, 3.63) is 58.5 Å². The Bertz CT molecular complexity index is 794. The summed E-state index contributed by atoms with van der Waals surface area (Å²) < 4.78 is 19.7. The number of halogens is 1. The number of aliphatic hydroxyl groups excluding tert-OH is 1. The average molecular weight is 317 g/mol. The Morgan fingerprint density at radius 3 is 2.86 bits per heavy atom. The topological polar surface area (TPSA) is 50.9 Å². The van der Waals surface area contributed by atoms with Gasteiger partial charge in [0.25, 0.3) is 0 Å². The van der Waals surface area contributed by atoms with Crippen LogP contribution < -0.4 is 0 Å². The Labute approximate surface area is 132 Å². The highest BCUT2D eigenvalue weighted by atomic mass is 32.1. The van der Waals surface area contributed by atoms with Crippen LogP contribution in [-0.2, 0) is 13.5 Å². The van der Waals surface area contributed by atoms with Gasteiger partial charge in [0.05, 0.1) is 11.8 Å². The third-order valence-corrected chi connectivity index (χ3v) is 4.33. The molecule has 1 unspecified atom stereocenters. The third-order valence-electron chi connectivity index (χ3n) is 3.66. The molecule has 6 heteroatoms. The molecule has 0 radical (unpaired) electrons. The van der Waals surface area contributed by atoms with Gasteiger partial charge in [-0.05, 0) is 53.8 Å². The monoisotopic (exact) mass is 317 g/mol. The number of aromatic nitrogens is 3. The number of hydrogen-bond acceptors (Lipinski definition) is 4. The van der Waals surface area contributed by atoms with Crippen LogP contribution in [0.2, 0.25) is 0 Å². The average Bonchev–Trinajstić information content (AvgIpc) is 3.09. The van der Waals surface area contributed by atoms with Gasteiger partial charge in [-0.2, -0.15) is 9.47 Å². The van der Waals surface area contributed by atoms with Gasteiger partial charge in [0, 0.05) is 36.3 Å². The van der Waals surface area contributed by atoms with Gasteiger partial charge in [-0.3, -0.25) is 4.68 Å². The maximum Gasteiger partial charge on any atom is 0.123 e. The van der Waals surface area contributed by atoms with E-state index in [0.29, 0.717) is 12.0 Å². The second kappa shape index (κ2) is 5.98. The van der Waals surface area contributed by atoms with Crippen LogP contribution in [0.1, 0.15) is 29.8 Å². The summed E-state index contributed by atoms with van der Waals surface area (Å²) in [5, 5.41) is 16.1. The summed E-state index contributed by atoms with van der Waals surface area (Å²) in [6.07, 6.45) is 1.70. The second-order valence-corrected chi connectivity index (χ2v) is 5.85. The Kier molecular flexibility index (Phi) is 4.04. The molecule has 3 rings (SSSR count). The predicted molar refractivity (Wildman–Crippen MR) is 84.2 cm³/mol. The van der Waals surface area contributed by atoms with Crippen molar-refractivity contribution in [3.63, 3.8) is 0 Å². The number of aryl methyl sites for hydroxylation is 1. The van der Waals surface area contributed by atoms with Crippen LogP contribution in [0.5, 0.6) is 0 Å². The SMILES string of the molecule is CC(O)c1cc(F)ccc1-c1nscc1Cc1ccnn1C. The van der Waals surface area contributed by atoms with E-state index in [1.54, 1.807) is 19.2 Å². The van der Waals surface area contributed by atoms with Crippen molar-refractivity contribution in [2.45, 2.75) is 19.4 Å². The molecule has 22 heavy (non-hydrogen) atoms. The fourth-order valence-electron chi connectivity index (χ4n) is 2.47. The summed E-state index contributed by atoms with van der Waals surface area (Å²) in [7, 11) is 1.90. The van der Waals surface area contributed by atoms with E-state index in [1.807, 2.05) is 23.2 Å². The van der Waals surface area contributed by atoms with E-state index in [0.717, 1.165) is 22.5 Å². The van der Waals surface area contributed by atoms with Crippen molar-refractivity contribution in [3.8, 4) is 11.3 Å². The van der Waals surface area contributed by atoms with Crippen LogP contribution in [0.4, 0.5) is 4.39 Å². The highest BCUT2D eigenvalue weighted by Gasteiger charge is 2.17. The molecule has 0 saturated carbocycles. The van der Waals surface area contributed by atoms with Crippen LogP contribution in [0.15, 0.2) is 35.8 Å². The second-order valence-electron chi connectivity index (χ2n) is 5.22. The van der Waals surface area contributed by atoms with Crippen LogP contribution in [0, 0.1) is 5.82 Å². The summed E-state index contributed by atoms with van der Waals surface area (Å²) in [4.78, 5) is 0. The zero-order valence-corrected chi connectivity index (χ0v) is 13.1. The van der Waals surface area contributed by atoms with Gasteiger partial charge in [0.1, 0.15) is 5.82 Å². The summed E-state index contributed by atoms with van der Waals surface area (Å²) in [6.45, 7) is 1.63. The molecule has 3 aromatic rings. The maximum atomic E-state index is 13.5. The van der Waals surface area contributed by atoms with Crippen LogP contribution in [-0.4, -0.2) is 19.3 Å². The standard InChI is InChI=1S/C16H16FN3OS/c1-10(21)15-8-12(17)3-4-14(15)16-11(9-22-19-16)7-13-5-6-18-20(13)2/h3-6,8-10,21H,7H2,1-2H3. The first-order valence-corrected chi connectivity index (χ1v) is 7.78. The van der Waals surface area contributed by atoms with E-state index >= 15 is 0 Å². The zero-order chi connectivity index (χ0) is 15.7. The van der Waals surface area contributed by atoms with E-state index < -0.39 is 6.10 Å². The lowest BCUT2D eigenvalue weighted by molar-refractivity contribution is 0.199. The lowest BCUT2D eigenvalue weighted by Gasteiger charge is -2.12. The first-order valence-electron chi connectivity index (χ1n) is 6.94. The van der Waals surface area contributed by atoms with Crippen LogP contribution >= 0.6 is 11.5 Å². The quantitative estimate of drug-likeness (QED) is 0.803. The molecule has 0 amide bonds. The molecular weight excluding hydrogens is 301 g/mol. The minimum atomic E-state index is -0.753. The fraction of sp³-hybridized carbons (Fsp3) is 0.250. The molecule has 0 saturated heterocycles. The first kappa shape index (κ1) is 14.9. The summed E-state index contributed by atoms with van der Waals surface area (Å²) in [6, 6.07) is 6.41. The number of benzene rings is 1. The third kappa shape index (κ3) is 2.80. The molecule has 1 aromatic carbocycles. The van der Waals surface area contributed by atoms with Crippen molar-refractivity contribution in [1.29, 1.82) is 0 Å². The van der Waals surface area contributed by atoms with Gasteiger partial charge in [-0.1, -0.05) is 0 Å².